The number of hydrogen-bond acceptors (Lipinski definition) is 3. The fraction of sp³-hybridized carbons (Fsp3) is 0.417. The largest absolute Gasteiger partial charge is 0.340 e. The van der Waals surface area contributed by atoms with Gasteiger partial charge in [-0.1, -0.05) is 6.92 Å². The minimum atomic E-state index is 0.00848. The van der Waals surface area contributed by atoms with Crippen molar-refractivity contribution in [2.75, 3.05) is 0 Å². The highest BCUT2D eigenvalue weighted by Crippen LogP contribution is 2.05. The molecule has 0 saturated heterocycles. The van der Waals surface area contributed by atoms with E-state index in [0.717, 1.165) is 18.8 Å². The van der Waals surface area contributed by atoms with E-state index >= 15 is 0 Å². The summed E-state index contributed by atoms with van der Waals surface area (Å²) in [6.45, 7) is 3.00. The van der Waals surface area contributed by atoms with Crippen LogP contribution in [-0.4, -0.2) is 24.9 Å². The van der Waals surface area contributed by atoms with E-state index in [0.29, 0.717) is 12.1 Å². The predicted molar refractivity (Wildman–Crippen MR) is 63.8 cm³/mol. The van der Waals surface area contributed by atoms with E-state index in [1.807, 2.05) is 17.8 Å². The molecular weight excluding hydrogens is 216 g/mol. The second kappa shape index (κ2) is 4.95. The van der Waals surface area contributed by atoms with Crippen LogP contribution in [0.4, 0.5) is 0 Å². The first-order valence-corrected chi connectivity index (χ1v) is 5.72. The molecule has 90 valence electrons. The van der Waals surface area contributed by atoms with Crippen LogP contribution in [0.25, 0.3) is 0 Å². The molecule has 0 amide bonds. The summed E-state index contributed by atoms with van der Waals surface area (Å²) in [6.07, 6.45) is 8.34. The van der Waals surface area contributed by atoms with Gasteiger partial charge in [0.25, 0.3) is 0 Å². The first-order chi connectivity index (χ1) is 8.20. The maximum atomic E-state index is 12.0. The van der Waals surface area contributed by atoms with Gasteiger partial charge in [0, 0.05) is 32.2 Å². The van der Waals surface area contributed by atoms with E-state index in [1.165, 1.54) is 0 Å². The Hall–Kier alpha value is -1.91. The van der Waals surface area contributed by atoms with E-state index in [4.69, 9.17) is 0 Å². The number of aromatic nitrogens is 4. The normalized spacial score (nSPS) is 10.7. The molecule has 0 fully saturated rings. The van der Waals surface area contributed by atoms with Crippen LogP contribution < -0.4 is 0 Å². The Morgan fingerprint density at radius 3 is 2.88 bits per heavy atom. The molecule has 0 aromatic carbocycles. The number of aryl methyl sites for hydroxylation is 2. The molecule has 5 heteroatoms. The molecule has 0 N–H and O–H groups in total. The summed E-state index contributed by atoms with van der Waals surface area (Å²) in [5.41, 5.74) is 0.499. The second-order valence-corrected chi connectivity index (χ2v) is 4.06. The van der Waals surface area contributed by atoms with Gasteiger partial charge in [-0.05, 0) is 6.42 Å². The van der Waals surface area contributed by atoms with Crippen molar-refractivity contribution in [2.24, 2.45) is 7.05 Å². The zero-order valence-corrected chi connectivity index (χ0v) is 10.1. The topological polar surface area (TPSA) is 52.7 Å². The molecular formula is C12H16N4O. The molecule has 0 saturated carbocycles. The number of ketones is 1. The number of Topliss-reactive ketones (excluding diaryl/α,β-unsaturated/α-hetero) is 1. The van der Waals surface area contributed by atoms with Gasteiger partial charge in [-0.2, -0.15) is 0 Å². The van der Waals surface area contributed by atoms with Gasteiger partial charge in [0.2, 0.25) is 0 Å². The van der Waals surface area contributed by atoms with Gasteiger partial charge in [0.1, 0.15) is 11.5 Å². The highest BCUT2D eigenvalue weighted by molar-refractivity contribution is 5.95. The lowest BCUT2D eigenvalue weighted by molar-refractivity contribution is 0.0985. The summed E-state index contributed by atoms with van der Waals surface area (Å²) in [6, 6.07) is 0. The van der Waals surface area contributed by atoms with Crippen LogP contribution in [0, 0.1) is 0 Å². The van der Waals surface area contributed by atoms with E-state index in [2.05, 4.69) is 16.9 Å². The van der Waals surface area contributed by atoms with Crippen molar-refractivity contribution in [3.05, 3.63) is 36.4 Å². The fourth-order valence-corrected chi connectivity index (χ4v) is 1.74. The number of carbonyl (C=O) groups is 1. The van der Waals surface area contributed by atoms with Gasteiger partial charge in [0.15, 0.2) is 5.78 Å². The van der Waals surface area contributed by atoms with Gasteiger partial charge in [-0.25, -0.2) is 9.97 Å². The third-order valence-electron chi connectivity index (χ3n) is 2.58. The highest BCUT2D eigenvalue weighted by Gasteiger charge is 2.13. The molecule has 0 unspecified atom stereocenters. The molecule has 2 heterocycles. The van der Waals surface area contributed by atoms with Crippen LogP contribution in [0.5, 0.6) is 0 Å². The zero-order valence-electron chi connectivity index (χ0n) is 10.1. The zero-order chi connectivity index (χ0) is 12.3. The Bertz CT molecular complexity index is 512. The van der Waals surface area contributed by atoms with E-state index in [9.17, 15) is 4.79 Å². The second-order valence-electron chi connectivity index (χ2n) is 4.06. The number of nitrogens with zero attached hydrogens (tertiary/aromatic N) is 4. The van der Waals surface area contributed by atoms with Crippen molar-refractivity contribution >= 4 is 5.78 Å². The molecule has 17 heavy (non-hydrogen) atoms. The smallest absolute Gasteiger partial charge is 0.190 e. The van der Waals surface area contributed by atoms with Gasteiger partial charge in [-0.15, -0.1) is 0 Å². The monoisotopic (exact) mass is 232 g/mol. The van der Waals surface area contributed by atoms with Crippen LogP contribution in [-0.2, 0) is 20.0 Å². The maximum Gasteiger partial charge on any atom is 0.190 e. The maximum absolute atomic E-state index is 12.0. The third kappa shape index (κ3) is 2.61. The number of hydrogen-bond donors (Lipinski definition) is 0. The lowest BCUT2D eigenvalue weighted by Crippen LogP contribution is -2.10. The lowest BCUT2D eigenvalue weighted by atomic mass is 10.2. The fourth-order valence-electron chi connectivity index (χ4n) is 1.74. The van der Waals surface area contributed by atoms with E-state index in [-0.39, 0.29) is 5.78 Å². The summed E-state index contributed by atoms with van der Waals surface area (Å²) < 4.78 is 3.78. The third-order valence-corrected chi connectivity index (χ3v) is 2.58. The number of imidazole rings is 2. The van der Waals surface area contributed by atoms with Crippen LogP contribution in [0.15, 0.2) is 24.9 Å². The molecule has 0 spiro atoms. The minimum absolute atomic E-state index is 0.00848. The van der Waals surface area contributed by atoms with Crippen molar-refractivity contribution in [3.8, 4) is 0 Å². The molecule has 0 aliphatic carbocycles. The van der Waals surface area contributed by atoms with Crippen LogP contribution >= 0.6 is 0 Å². The van der Waals surface area contributed by atoms with Crippen molar-refractivity contribution < 1.29 is 4.79 Å². The molecule has 2 aromatic heterocycles. The van der Waals surface area contributed by atoms with E-state index in [1.54, 1.807) is 23.3 Å². The summed E-state index contributed by atoms with van der Waals surface area (Å²) >= 11 is 0. The van der Waals surface area contributed by atoms with Gasteiger partial charge in [-0.3, -0.25) is 4.79 Å². The van der Waals surface area contributed by atoms with Crippen LogP contribution in [0.2, 0.25) is 0 Å². The lowest BCUT2D eigenvalue weighted by Gasteiger charge is -2.04. The predicted octanol–water partition coefficient (Wildman–Crippen LogP) is 1.45. The van der Waals surface area contributed by atoms with Gasteiger partial charge in [0.05, 0.1) is 12.7 Å². The molecule has 2 rings (SSSR count). The Labute approximate surface area is 100 Å². The summed E-state index contributed by atoms with van der Waals surface area (Å²) in [4.78, 5) is 20.2. The Morgan fingerprint density at radius 2 is 2.24 bits per heavy atom. The van der Waals surface area contributed by atoms with Crippen molar-refractivity contribution in [3.63, 3.8) is 0 Å². The van der Waals surface area contributed by atoms with Gasteiger partial charge >= 0.3 is 0 Å². The quantitative estimate of drug-likeness (QED) is 0.733. The molecule has 0 bridgehead atoms. The van der Waals surface area contributed by atoms with Crippen LogP contribution in [0.1, 0.15) is 29.7 Å². The van der Waals surface area contributed by atoms with Crippen LogP contribution in [0.3, 0.4) is 0 Å². The van der Waals surface area contributed by atoms with Crippen molar-refractivity contribution in [1.82, 2.24) is 19.1 Å². The summed E-state index contributed by atoms with van der Waals surface area (Å²) in [5.74, 6) is 0.816. The molecule has 2 aromatic rings. The Morgan fingerprint density at radius 1 is 1.41 bits per heavy atom. The molecule has 0 aliphatic rings. The Kier molecular flexibility index (Phi) is 3.37. The van der Waals surface area contributed by atoms with Crippen molar-refractivity contribution in [1.29, 1.82) is 0 Å². The summed E-state index contributed by atoms with van der Waals surface area (Å²) in [7, 11) is 1.85. The molecule has 5 nitrogen and oxygen atoms in total. The Balaban J connectivity index is 2.10. The molecule has 0 radical (unpaired) electrons. The number of rotatable bonds is 5. The highest BCUT2D eigenvalue weighted by atomic mass is 16.1. The van der Waals surface area contributed by atoms with Crippen molar-refractivity contribution in [2.45, 2.75) is 26.3 Å². The first-order valence-electron chi connectivity index (χ1n) is 5.72. The van der Waals surface area contributed by atoms with E-state index < -0.39 is 0 Å². The SMILES string of the molecule is CCCn1ccnc1CC(=O)c1cn(C)cn1. The average molecular weight is 232 g/mol. The molecule has 0 aliphatic heterocycles. The van der Waals surface area contributed by atoms with Gasteiger partial charge < -0.3 is 9.13 Å². The number of carbonyl (C=O) groups excluding carboxylic acids is 1. The summed E-state index contributed by atoms with van der Waals surface area (Å²) in [5, 5.41) is 0. The standard InChI is InChI=1S/C12H16N4O/c1-3-5-16-6-4-13-12(16)7-11(17)10-8-15(2)9-14-10/h4,6,8-9H,3,5,7H2,1-2H3. The molecule has 0 atom stereocenters. The first kappa shape index (κ1) is 11.6. The minimum Gasteiger partial charge on any atom is -0.340 e. The average Bonchev–Trinajstić information content (AvgIpc) is 2.89.